The van der Waals surface area contributed by atoms with Crippen LogP contribution < -0.4 is 0 Å². The van der Waals surface area contributed by atoms with Crippen molar-refractivity contribution < 1.29 is 25.2 Å². The lowest BCUT2D eigenvalue weighted by atomic mass is 9.90. The predicted octanol–water partition coefficient (Wildman–Crippen LogP) is 0.355. The molecule has 0 aromatic carbocycles. The van der Waals surface area contributed by atoms with Gasteiger partial charge < -0.3 is 0 Å². The van der Waals surface area contributed by atoms with Gasteiger partial charge in [-0.25, -0.2) is 0 Å². The molecule has 0 heterocycles. The fourth-order valence-corrected chi connectivity index (χ4v) is 1.74. The average Bonchev–Trinajstić information content (AvgIpc) is 2.09. The first-order valence-corrected chi connectivity index (χ1v) is 8.29. The van der Waals surface area contributed by atoms with Gasteiger partial charge in [-0.15, -0.1) is 0 Å². The summed E-state index contributed by atoms with van der Waals surface area (Å²) >= 11 is 0. The van der Waals surface area contributed by atoms with E-state index in [9.17, 15) is 16.8 Å². The van der Waals surface area contributed by atoms with E-state index in [0.717, 1.165) is 12.5 Å². The van der Waals surface area contributed by atoms with Crippen LogP contribution in [0.3, 0.4) is 0 Å². The summed E-state index contributed by atoms with van der Waals surface area (Å²) in [6.45, 7) is 3.30. The molecular formula is C8H18O6S2. The van der Waals surface area contributed by atoms with Gasteiger partial charge in [0.1, 0.15) is 0 Å². The molecule has 0 bridgehead atoms. The van der Waals surface area contributed by atoms with Gasteiger partial charge in [-0.3, -0.25) is 8.37 Å². The van der Waals surface area contributed by atoms with Gasteiger partial charge in [0, 0.05) is 5.41 Å². The van der Waals surface area contributed by atoms with Gasteiger partial charge in [0.2, 0.25) is 0 Å². The van der Waals surface area contributed by atoms with Crippen molar-refractivity contribution >= 4 is 20.2 Å². The van der Waals surface area contributed by atoms with Crippen molar-refractivity contribution in [2.75, 3.05) is 25.7 Å². The molecule has 0 fully saturated rings. The van der Waals surface area contributed by atoms with Crippen LogP contribution in [0.5, 0.6) is 0 Å². The van der Waals surface area contributed by atoms with E-state index < -0.39 is 25.7 Å². The fourth-order valence-electron chi connectivity index (χ4n) is 0.744. The molecule has 0 saturated heterocycles. The summed E-state index contributed by atoms with van der Waals surface area (Å²) in [6.07, 6.45) is 2.43. The molecule has 0 aliphatic rings. The van der Waals surface area contributed by atoms with E-state index in [4.69, 9.17) is 0 Å². The van der Waals surface area contributed by atoms with Crippen LogP contribution in [0.4, 0.5) is 0 Å². The van der Waals surface area contributed by atoms with Gasteiger partial charge in [0.05, 0.1) is 25.7 Å². The fraction of sp³-hybridized carbons (Fsp3) is 1.00. The van der Waals surface area contributed by atoms with Crippen LogP contribution in [0.25, 0.3) is 0 Å². The van der Waals surface area contributed by atoms with Crippen molar-refractivity contribution in [2.45, 2.75) is 20.3 Å². The minimum Gasteiger partial charge on any atom is -0.270 e. The van der Waals surface area contributed by atoms with Crippen LogP contribution >= 0.6 is 0 Å². The molecule has 8 heteroatoms. The molecule has 16 heavy (non-hydrogen) atoms. The lowest BCUT2D eigenvalue weighted by Gasteiger charge is -2.26. The van der Waals surface area contributed by atoms with E-state index in [1.54, 1.807) is 13.8 Å². The maximum Gasteiger partial charge on any atom is 0.264 e. The first-order valence-electron chi connectivity index (χ1n) is 4.66. The van der Waals surface area contributed by atoms with Gasteiger partial charge in [-0.2, -0.15) is 16.8 Å². The lowest BCUT2D eigenvalue weighted by Crippen LogP contribution is -2.30. The normalized spacial score (nSPS) is 14.0. The van der Waals surface area contributed by atoms with E-state index in [1.165, 1.54) is 0 Å². The van der Waals surface area contributed by atoms with Crippen LogP contribution in [0, 0.1) is 5.41 Å². The first kappa shape index (κ1) is 15.8. The maximum absolute atomic E-state index is 10.8. The SMILES string of the molecule is CCC(C)(COS(C)(=O)=O)COS(C)(=O)=O. The van der Waals surface area contributed by atoms with Crippen molar-refractivity contribution in [1.82, 2.24) is 0 Å². The molecule has 98 valence electrons. The van der Waals surface area contributed by atoms with Crippen LogP contribution in [-0.2, 0) is 28.6 Å². The summed E-state index contributed by atoms with van der Waals surface area (Å²) in [7, 11) is -7.05. The molecule has 0 amide bonds. The molecule has 0 aromatic rings. The minimum atomic E-state index is -3.53. The van der Waals surface area contributed by atoms with Gasteiger partial charge in [0.15, 0.2) is 0 Å². The first-order chi connectivity index (χ1) is 6.97. The zero-order valence-electron chi connectivity index (χ0n) is 9.89. The number of hydrogen-bond donors (Lipinski definition) is 0. The van der Waals surface area contributed by atoms with E-state index in [1.807, 2.05) is 0 Å². The summed E-state index contributed by atoms with van der Waals surface area (Å²) in [5, 5.41) is 0. The second-order valence-corrected chi connectivity index (χ2v) is 7.38. The highest BCUT2D eigenvalue weighted by molar-refractivity contribution is 7.86. The molecule has 0 rings (SSSR count). The van der Waals surface area contributed by atoms with E-state index in [-0.39, 0.29) is 13.2 Å². The molecule has 0 atom stereocenters. The number of rotatable bonds is 7. The van der Waals surface area contributed by atoms with E-state index >= 15 is 0 Å². The third-order valence-corrected chi connectivity index (χ3v) is 3.19. The highest BCUT2D eigenvalue weighted by Gasteiger charge is 2.26. The topological polar surface area (TPSA) is 86.7 Å². The Kier molecular flexibility index (Phi) is 5.37. The summed E-state index contributed by atoms with van der Waals surface area (Å²) < 4.78 is 52.6. The van der Waals surface area contributed by atoms with E-state index in [2.05, 4.69) is 8.37 Å². The molecule has 0 spiro atoms. The Morgan fingerprint density at radius 2 is 1.25 bits per heavy atom. The Morgan fingerprint density at radius 1 is 0.938 bits per heavy atom. The second kappa shape index (κ2) is 5.44. The van der Waals surface area contributed by atoms with E-state index in [0.29, 0.717) is 6.42 Å². The standard InChI is InChI=1S/C8H18O6S2/c1-5-8(2,6-13-15(3,9)10)7-14-16(4,11)12/h5-7H2,1-4H3. The summed E-state index contributed by atoms with van der Waals surface area (Å²) in [6, 6.07) is 0. The van der Waals surface area contributed by atoms with Crippen molar-refractivity contribution in [2.24, 2.45) is 5.41 Å². The predicted molar refractivity (Wildman–Crippen MR) is 60.0 cm³/mol. The largest absolute Gasteiger partial charge is 0.270 e. The molecule has 0 aliphatic carbocycles. The summed E-state index contributed by atoms with van der Waals surface area (Å²) in [4.78, 5) is 0. The maximum atomic E-state index is 10.8. The van der Waals surface area contributed by atoms with Crippen LogP contribution in [-0.4, -0.2) is 42.6 Å². The molecule has 0 aromatic heterocycles. The zero-order valence-corrected chi connectivity index (χ0v) is 11.5. The zero-order chi connectivity index (χ0) is 13.0. The molecule has 0 N–H and O–H groups in total. The number of hydrogen-bond acceptors (Lipinski definition) is 6. The Morgan fingerprint density at radius 3 is 1.44 bits per heavy atom. The summed E-state index contributed by atoms with van der Waals surface area (Å²) in [5.74, 6) is 0. The summed E-state index contributed by atoms with van der Waals surface area (Å²) in [5.41, 5.74) is -0.647. The van der Waals surface area contributed by atoms with Gasteiger partial charge in [0.25, 0.3) is 20.2 Å². The molecule has 0 aliphatic heterocycles. The lowest BCUT2D eigenvalue weighted by molar-refractivity contribution is 0.0985. The molecular weight excluding hydrogens is 256 g/mol. The smallest absolute Gasteiger partial charge is 0.264 e. The van der Waals surface area contributed by atoms with Crippen molar-refractivity contribution in [1.29, 1.82) is 0 Å². The van der Waals surface area contributed by atoms with Gasteiger partial charge >= 0.3 is 0 Å². The Labute approximate surface area is 97.2 Å². The highest BCUT2D eigenvalue weighted by atomic mass is 32.2. The molecule has 6 nitrogen and oxygen atoms in total. The Balaban J connectivity index is 4.43. The van der Waals surface area contributed by atoms with Crippen molar-refractivity contribution in [3.8, 4) is 0 Å². The van der Waals surface area contributed by atoms with Gasteiger partial charge in [-0.1, -0.05) is 13.8 Å². The Hall–Kier alpha value is -0.180. The highest BCUT2D eigenvalue weighted by Crippen LogP contribution is 2.23. The Bertz CT molecular complexity index is 372. The van der Waals surface area contributed by atoms with Crippen LogP contribution in [0.15, 0.2) is 0 Å². The van der Waals surface area contributed by atoms with Crippen LogP contribution in [0.2, 0.25) is 0 Å². The molecule has 0 unspecified atom stereocenters. The van der Waals surface area contributed by atoms with Gasteiger partial charge in [-0.05, 0) is 6.42 Å². The minimum absolute atomic E-state index is 0.0994. The quantitative estimate of drug-likeness (QED) is 0.623. The molecule has 0 radical (unpaired) electrons. The third kappa shape index (κ3) is 8.03. The van der Waals surface area contributed by atoms with Crippen LogP contribution in [0.1, 0.15) is 20.3 Å². The monoisotopic (exact) mass is 274 g/mol. The molecule has 0 saturated carbocycles. The second-order valence-electron chi connectivity index (χ2n) is 4.10. The third-order valence-electron chi connectivity index (χ3n) is 2.10. The van der Waals surface area contributed by atoms with Crippen molar-refractivity contribution in [3.05, 3.63) is 0 Å². The average molecular weight is 274 g/mol. The van der Waals surface area contributed by atoms with Crippen molar-refractivity contribution in [3.63, 3.8) is 0 Å².